The van der Waals surface area contributed by atoms with Crippen LogP contribution in [-0.4, -0.2) is 44.4 Å². The van der Waals surface area contributed by atoms with Gasteiger partial charge in [0.2, 0.25) is 0 Å². The number of methoxy groups -OCH3 is 1. The predicted octanol–water partition coefficient (Wildman–Crippen LogP) is 7.82. The Morgan fingerprint density at radius 3 is 2.12 bits per heavy atom. The summed E-state index contributed by atoms with van der Waals surface area (Å²) in [7, 11) is -1.87. The number of aryl methyl sites for hydroxylation is 2. The van der Waals surface area contributed by atoms with Crippen molar-refractivity contribution in [2.24, 2.45) is 0 Å². The molecule has 0 bridgehead atoms. The van der Waals surface area contributed by atoms with Gasteiger partial charge in [-0.15, -0.1) is 0 Å². The number of ether oxygens (including phenoxy) is 3. The number of phenols is 1. The van der Waals surface area contributed by atoms with E-state index in [1.165, 1.54) is 36.4 Å². The molecule has 0 saturated heterocycles. The van der Waals surface area contributed by atoms with Crippen LogP contribution in [0, 0.1) is 13.8 Å². The third-order valence-corrected chi connectivity index (χ3v) is 9.21. The van der Waals surface area contributed by atoms with E-state index in [4.69, 9.17) is 14.2 Å². The van der Waals surface area contributed by atoms with Crippen molar-refractivity contribution in [3.8, 4) is 28.7 Å². The second-order valence-corrected chi connectivity index (χ2v) is 13.3. The van der Waals surface area contributed by atoms with Gasteiger partial charge in [0.25, 0.3) is 5.91 Å². The Kier molecular flexibility index (Phi) is 11.9. The number of urea groups is 1. The first-order valence-corrected chi connectivity index (χ1v) is 17.2. The summed E-state index contributed by atoms with van der Waals surface area (Å²) in [6.07, 6.45) is 0.832. The molecule has 0 aliphatic rings. The molecule has 12 heteroatoms. The van der Waals surface area contributed by atoms with Crippen LogP contribution in [0.15, 0.2) is 83.8 Å². The van der Waals surface area contributed by atoms with E-state index in [9.17, 15) is 23.1 Å². The van der Waals surface area contributed by atoms with Gasteiger partial charge >= 0.3 is 6.03 Å². The Hall–Kier alpha value is -5.23. The quantitative estimate of drug-likeness (QED) is 0.0988. The van der Waals surface area contributed by atoms with Gasteiger partial charge in [-0.25, -0.2) is 13.2 Å². The molecule has 0 aromatic heterocycles. The molecule has 254 valence electrons. The maximum atomic E-state index is 13.4. The lowest BCUT2D eigenvalue weighted by Gasteiger charge is -2.21. The highest BCUT2D eigenvalue weighted by Crippen LogP contribution is 2.39. The van der Waals surface area contributed by atoms with E-state index in [0.29, 0.717) is 35.8 Å². The van der Waals surface area contributed by atoms with E-state index in [1.807, 2.05) is 45.9 Å². The minimum atomic E-state index is -3.42. The highest BCUT2D eigenvalue weighted by atomic mass is 32.2. The number of amides is 3. The van der Waals surface area contributed by atoms with E-state index in [2.05, 4.69) is 16.0 Å². The molecule has 1 unspecified atom stereocenters. The van der Waals surface area contributed by atoms with Crippen LogP contribution in [-0.2, 0) is 14.6 Å². The van der Waals surface area contributed by atoms with Crippen LogP contribution < -0.4 is 30.2 Å². The summed E-state index contributed by atoms with van der Waals surface area (Å²) in [5, 5.41) is 18.9. The SMILES string of the molecule is CCCCS(=O)(=O)c1ccc(NC(=O)Nc2cc(Oc3ccc(OC)cc3)c(NC(=O)C(CC)Oc3ccc(C)cc3C)cc2O)cc1. The molecule has 4 aromatic rings. The fraction of sp³-hybridized carbons (Fsp3) is 0.278. The van der Waals surface area contributed by atoms with E-state index in [0.717, 1.165) is 17.5 Å². The molecule has 1 atom stereocenters. The third-order valence-electron chi connectivity index (χ3n) is 7.39. The largest absolute Gasteiger partial charge is 0.506 e. The van der Waals surface area contributed by atoms with Crippen molar-refractivity contribution < 1.29 is 37.3 Å². The van der Waals surface area contributed by atoms with Gasteiger partial charge < -0.3 is 35.3 Å². The Morgan fingerprint density at radius 2 is 1.50 bits per heavy atom. The molecule has 0 heterocycles. The van der Waals surface area contributed by atoms with Crippen molar-refractivity contribution in [3.63, 3.8) is 0 Å². The number of sulfone groups is 1. The van der Waals surface area contributed by atoms with Gasteiger partial charge in [0, 0.05) is 17.8 Å². The number of carbonyl (C=O) groups is 2. The number of phenolic OH excluding ortho intramolecular Hbond substituents is 1. The van der Waals surface area contributed by atoms with Crippen molar-refractivity contribution >= 4 is 38.8 Å². The number of anilines is 3. The van der Waals surface area contributed by atoms with Gasteiger partial charge in [-0.3, -0.25) is 4.79 Å². The summed E-state index contributed by atoms with van der Waals surface area (Å²) in [4.78, 5) is 26.5. The lowest BCUT2D eigenvalue weighted by atomic mass is 10.1. The maximum Gasteiger partial charge on any atom is 0.323 e. The van der Waals surface area contributed by atoms with Gasteiger partial charge in [0.05, 0.1) is 29.1 Å². The summed E-state index contributed by atoms with van der Waals surface area (Å²) in [5.74, 6) is 0.967. The zero-order valence-electron chi connectivity index (χ0n) is 27.6. The maximum absolute atomic E-state index is 13.4. The van der Waals surface area contributed by atoms with Crippen LogP contribution in [0.4, 0.5) is 21.9 Å². The number of aromatic hydroxyl groups is 1. The second-order valence-electron chi connectivity index (χ2n) is 11.2. The van der Waals surface area contributed by atoms with Crippen molar-refractivity contribution in [3.05, 3.63) is 90.0 Å². The lowest BCUT2D eigenvalue weighted by molar-refractivity contribution is -0.122. The lowest BCUT2D eigenvalue weighted by Crippen LogP contribution is -2.32. The summed E-state index contributed by atoms with van der Waals surface area (Å²) in [6, 6.07) is 20.2. The molecular formula is C36H41N3O8S. The van der Waals surface area contributed by atoms with Crippen LogP contribution in [0.5, 0.6) is 28.7 Å². The van der Waals surface area contributed by atoms with Crippen LogP contribution >= 0.6 is 0 Å². The molecule has 4 rings (SSSR count). The smallest absolute Gasteiger partial charge is 0.323 e. The predicted molar refractivity (Wildman–Crippen MR) is 186 cm³/mol. The highest BCUT2D eigenvalue weighted by molar-refractivity contribution is 7.91. The summed E-state index contributed by atoms with van der Waals surface area (Å²) in [5.41, 5.74) is 2.44. The van der Waals surface area contributed by atoms with Gasteiger partial charge in [-0.1, -0.05) is 38.0 Å². The zero-order valence-corrected chi connectivity index (χ0v) is 28.4. The fourth-order valence-electron chi connectivity index (χ4n) is 4.72. The number of unbranched alkanes of at least 4 members (excludes halogenated alkanes) is 1. The van der Waals surface area contributed by atoms with Crippen molar-refractivity contribution in [1.82, 2.24) is 0 Å². The van der Waals surface area contributed by atoms with E-state index in [-0.39, 0.29) is 33.5 Å². The van der Waals surface area contributed by atoms with Gasteiger partial charge in [0.1, 0.15) is 23.0 Å². The molecule has 0 spiro atoms. The molecule has 48 heavy (non-hydrogen) atoms. The normalized spacial score (nSPS) is 11.7. The highest BCUT2D eigenvalue weighted by Gasteiger charge is 2.23. The Balaban J connectivity index is 1.55. The number of hydrogen-bond donors (Lipinski definition) is 4. The molecule has 0 aliphatic carbocycles. The van der Waals surface area contributed by atoms with Crippen molar-refractivity contribution in [2.75, 3.05) is 28.8 Å². The average Bonchev–Trinajstić information content (AvgIpc) is 3.06. The number of nitrogens with one attached hydrogen (secondary N) is 3. The van der Waals surface area contributed by atoms with Crippen LogP contribution in [0.3, 0.4) is 0 Å². The first-order valence-electron chi connectivity index (χ1n) is 15.6. The third kappa shape index (κ3) is 9.41. The van der Waals surface area contributed by atoms with Gasteiger partial charge in [0.15, 0.2) is 21.7 Å². The van der Waals surface area contributed by atoms with Crippen LogP contribution in [0.2, 0.25) is 0 Å². The summed E-state index contributed by atoms with van der Waals surface area (Å²) < 4.78 is 42.3. The Bertz CT molecular complexity index is 1840. The number of benzene rings is 4. The number of carbonyl (C=O) groups excluding carboxylic acids is 2. The average molecular weight is 676 g/mol. The monoisotopic (exact) mass is 675 g/mol. The number of hydrogen-bond acceptors (Lipinski definition) is 8. The molecule has 0 saturated carbocycles. The number of rotatable bonds is 14. The summed E-state index contributed by atoms with van der Waals surface area (Å²) >= 11 is 0. The standard InChI is InChI=1S/C36H41N3O8S/c1-6-8-19-48(43,44)28-16-10-25(11-17-28)37-36(42)39-29-22-34(46-27-14-12-26(45-5)13-15-27)30(21-31(29)40)38-35(41)32(7-2)47-33-18-9-23(3)20-24(33)4/h9-18,20-22,32,40H,6-8,19H2,1-5H3,(H,38,41)(H2,37,39,42). The molecular weight excluding hydrogens is 634 g/mol. The first kappa shape index (κ1) is 35.6. The molecule has 0 radical (unpaired) electrons. The zero-order chi connectivity index (χ0) is 34.8. The van der Waals surface area contributed by atoms with E-state index in [1.54, 1.807) is 31.4 Å². The van der Waals surface area contributed by atoms with Crippen LogP contribution in [0.25, 0.3) is 0 Å². The minimum absolute atomic E-state index is 0.00801. The second kappa shape index (κ2) is 16.1. The molecule has 3 amide bonds. The molecule has 11 nitrogen and oxygen atoms in total. The molecule has 4 N–H and O–H groups in total. The van der Waals surface area contributed by atoms with Gasteiger partial charge in [-0.2, -0.15) is 0 Å². The van der Waals surface area contributed by atoms with Crippen LogP contribution in [0.1, 0.15) is 44.2 Å². The first-order chi connectivity index (χ1) is 22.9. The van der Waals surface area contributed by atoms with Crippen molar-refractivity contribution in [1.29, 1.82) is 0 Å². The topological polar surface area (TPSA) is 152 Å². The van der Waals surface area contributed by atoms with E-state index >= 15 is 0 Å². The Morgan fingerprint density at radius 1 is 0.812 bits per heavy atom. The summed E-state index contributed by atoms with van der Waals surface area (Å²) in [6.45, 7) is 7.62. The minimum Gasteiger partial charge on any atom is -0.506 e. The van der Waals surface area contributed by atoms with Gasteiger partial charge in [-0.05, 0) is 86.8 Å². The van der Waals surface area contributed by atoms with E-state index < -0.39 is 27.9 Å². The molecule has 4 aromatic carbocycles. The molecule has 0 fully saturated rings. The molecule has 0 aliphatic heterocycles. The van der Waals surface area contributed by atoms with Crippen molar-refractivity contribution in [2.45, 2.75) is 58.0 Å². The Labute approximate surface area is 281 Å². The fourth-order valence-corrected chi connectivity index (χ4v) is 6.18.